The van der Waals surface area contributed by atoms with Gasteiger partial charge in [0.15, 0.2) is 4.80 Å². The van der Waals surface area contributed by atoms with Crippen molar-refractivity contribution in [2.24, 2.45) is 4.99 Å². The molecule has 1 heterocycles. The molecular formula is C21H20Cl2N2OS. The second kappa shape index (κ2) is 8.42. The molecule has 3 aromatic rings. The monoisotopic (exact) mass is 418 g/mol. The van der Waals surface area contributed by atoms with Crippen LogP contribution in [0.15, 0.2) is 47.5 Å². The predicted octanol–water partition coefficient (Wildman–Crippen LogP) is 6.16. The van der Waals surface area contributed by atoms with Gasteiger partial charge >= 0.3 is 0 Å². The van der Waals surface area contributed by atoms with E-state index in [-0.39, 0.29) is 5.91 Å². The van der Waals surface area contributed by atoms with E-state index in [1.807, 2.05) is 44.2 Å². The number of nitrogens with zero attached hydrogens (tertiary/aromatic N) is 2. The van der Waals surface area contributed by atoms with Gasteiger partial charge in [-0.05, 0) is 44.5 Å². The second-order valence-electron chi connectivity index (χ2n) is 6.17. The SMILES string of the molecule is CCc1sc(=NC(=O)c2cccc(C)c2)n(CC)c1-c1ccc(Cl)c(Cl)c1. The van der Waals surface area contributed by atoms with Gasteiger partial charge in [0.05, 0.1) is 15.7 Å². The van der Waals surface area contributed by atoms with Crippen LogP contribution in [0.4, 0.5) is 0 Å². The number of aromatic nitrogens is 1. The minimum absolute atomic E-state index is 0.231. The summed E-state index contributed by atoms with van der Waals surface area (Å²) < 4.78 is 2.07. The maximum Gasteiger partial charge on any atom is 0.279 e. The highest BCUT2D eigenvalue weighted by Gasteiger charge is 2.16. The highest BCUT2D eigenvalue weighted by atomic mass is 35.5. The van der Waals surface area contributed by atoms with Gasteiger partial charge in [0, 0.05) is 22.5 Å². The Morgan fingerprint density at radius 3 is 2.52 bits per heavy atom. The Hall–Kier alpha value is -1.88. The van der Waals surface area contributed by atoms with E-state index in [9.17, 15) is 4.79 Å². The topological polar surface area (TPSA) is 34.4 Å². The van der Waals surface area contributed by atoms with Gasteiger partial charge in [-0.2, -0.15) is 4.99 Å². The van der Waals surface area contributed by atoms with E-state index in [2.05, 4.69) is 16.5 Å². The molecule has 0 saturated heterocycles. The fourth-order valence-corrected chi connectivity index (χ4v) is 4.41. The molecule has 1 aromatic heterocycles. The first-order chi connectivity index (χ1) is 12.9. The smallest absolute Gasteiger partial charge is 0.279 e. The fourth-order valence-electron chi connectivity index (χ4n) is 2.97. The third-order valence-corrected chi connectivity index (χ3v) is 6.23. The average molecular weight is 419 g/mol. The first kappa shape index (κ1) is 19.9. The zero-order chi connectivity index (χ0) is 19.6. The van der Waals surface area contributed by atoms with Gasteiger partial charge < -0.3 is 4.57 Å². The summed E-state index contributed by atoms with van der Waals surface area (Å²) in [5.41, 5.74) is 3.65. The number of benzene rings is 2. The van der Waals surface area contributed by atoms with Crippen molar-refractivity contribution in [1.29, 1.82) is 0 Å². The number of rotatable bonds is 4. The van der Waals surface area contributed by atoms with Crippen molar-refractivity contribution < 1.29 is 4.79 Å². The third-order valence-electron chi connectivity index (χ3n) is 4.27. The molecule has 3 rings (SSSR count). The van der Waals surface area contributed by atoms with Gasteiger partial charge in [-0.3, -0.25) is 4.79 Å². The van der Waals surface area contributed by atoms with Crippen LogP contribution in [0.3, 0.4) is 0 Å². The van der Waals surface area contributed by atoms with Crippen LogP contribution in [-0.4, -0.2) is 10.5 Å². The molecule has 0 bridgehead atoms. The maximum atomic E-state index is 12.7. The number of carbonyl (C=O) groups is 1. The first-order valence-corrected chi connectivity index (χ1v) is 10.4. The number of carbonyl (C=O) groups excluding carboxylic acids is 1. The van der Waals surface area contributed by atoms with Gasteiger partial charge in [-0.25, -0.2) is 0 Å². The van der Waals surface area contributed by atoms with E-state index in [4.69, 9.17) is 23.2 Å². The van der Waals surface area contributed by atoms with Crippen LogP contribution in [0.2, 0.25) is 10.0 Å². The van der Waals surface area contributed by atoms with E-state index in [0.717, 1.165) is 28.1 Å². The zero-order valence-electron chi connectivity index (χ0n) is 15.4. The van der Waals surface area contributed by atoms with Gasteiger partial charge in [-0.1, -0.05) is 53.9 Å². The summed E-state index contributed by atoms with van der Waals surface area (Å²) in [6, 6.07) is 13.1. The standard InChI is InChI=1S/C21H20Cl2N2OS/c1-4-18-19(14-9-10-16(22)17(23)12-14)25(5-2)21(27-18)24-20(26)15-8-6-7-13(3)11-15/h6-12H,4-5H2,1-3H3. The Balaban J connectivity index is 2.16. The second-order valence-corrected chi connectivity index (χ2v) is 8.05. The van der Waals surface area contributed by atoms with Gasteiger partial charge in [-0.15, -0.1) is 11.3 Å². The number of thiazole rings is 1. The molecule has 1 amide bonds. The highest BCUT2D eigenvalue weighted by Crippen LogP contribution is 2.31. The normalized spacial score (nSPS) is 11.8. The fraction of sp³-hybridized carbons (Fsp3) is 0.238. The molecule has 0 fully saturated rings. The van der Waals surface area contributed by atoms with E-state index < -0.39 is 0 Å². The highest BCUT2D eigenvalue weighted by molar-refractivity contribution is 7.09. The molecule has 0 spiro atoms. The molecule has 3 nitrogen and oxygen atoms in total. The Labute approximate surface area is 172 Å². The molecule has 27 heavy (non-hydrogen) atoms. The van der Waals surface area contributed by atoms with Crippen LogP contribution in [0.1, 0.15) is 34.6 Å². The van der Waals surface area contributed by atoms with E-state index in [1.54, 1.807) is 23.5 Å². The summed E-state index contributed by atoms with van der Waals surface area (Å²) in [7, 11) is 0. The summed E-state index contributed by atoms with van der Waals surface area (Å²) >= 11 is 13.8. The lowest BCUT2D eigenvalue weighted by molar-refractivity contribution is 0.0997. The average Bonchev–Trinajstić information content (AvgIpc) is 3.01. The van der Waals surface area contributed by atoms with Crippen LogP contribution >= 0.6 is 34.5 Å². The Bertz CT molecular complexity index is 1070. The lowest BCUT2D eigenvalue weighted by Crippen LogP contribution is -2.17. The maximum absolute atomic E-state index is 12.7. The summed E-state index contributed by atoms with van der Waals surface area (Å²) in [6.45, 7) is 6.81. The number of hydrogen-bond donors (Lipinski definition) is 0. The van der Waals surface area contributed by atoms with E-state index in [1.165, 1.54) is 0 Å². The Morgan fingerprint density at radius 1 is 1.11 bits per heavy atom. The lowest BCUT2D eigenvalue weighted by atomic mass is 10.1. The number of aryl methyl sites for hydroxylation is 2. The molecule has 6 heteroatoms. The van der Waals surface area contributed by atoms with Crippen LogP contribution in [0.25, 0.3) is 11.3 Å². The van der Waals surface area contributed by atoms with Gasteiger partial charge in [0.1, 0.15) is 0 Å². The minimum Gasteiger partial charge on any atom is -0.316 e. The van der Waals surface area contributed by atoms with Crippen molar-refractivity contribution in [3.8, 4) is 11.3 Å². The minimum atomic E-state index is -0.231. The predicted molar refractivity (Wildman–Crippen MR) is 114 cm³/mol. The van der Waals surface area contributed by atoms with Crippen molar-refractivity contribution in [3.05, 3.63) is 73.3 Å². The molecule has 0 aliphatic heterocycles. The van der Waals surface area contributed by atoms with Crippen molar-refractivity contribution in [3.63, 3.8) is 0 Å². The van der Waals surface area contributed by atoms with Gasteiger partial charge in [0.2, 0.25) is 0 Å². The van der Waals surface area contributed by atoms with Crippen molar-refractivity contribution >= 4 is 40.4 Å². The quantitative estimate of drug-likeness (QED) is 0.499. The molecule has 0 aliphatic carbocycles. The number of amides is 1. The lowest BCUT2D eigenvalue weighted by Gasteiger charge is -2.09. The van der Waals surface area contributed by atoms with Crippen LogP contribution in [0, 0.1) is 6.92 Å². The molecular weight excluding hydrogens is 399 g/mol. The van der Waals surface area contributed by atoms with Crippen molar-refractivity contribution in [1.82, 2.24) is 4.57 Å². The number of hydrogen-bond acceptors (Lipinski definition) is 2. The summed E-state index contributed by atoms with van der Waals surface area (Å²) in [4.78, 5) is 18.9. The van der Waals surface area contributed by atoms with Crippen LogP contribution in [-0.2, 0) is 13.0 Å². The van der Waals surface area contributed by atoms with Gasteiger partial charge in [0.25, 0.3) is 5.91 Å². The summed E-state index contributed by atoms with van der Waals surface area (Å²) in [6.07, 6.45) is 0.842. The molecule has 0 radical (unpaired) electrons. The number of halogens is 2. The molecule has 0 atom stereocenters. The Morgan fingerprint density at radius 2 is 1.89 bits per heavy atom. The van der Waals surface area contributed by atoms with Crippen molar-refractivity contribution in [2.75, 3.05) is 0 Å². The first-order valence-electron chi connectivity index (χ1n) is 8.78. The summed E-state index contributed by atoms with van der Waals surface area (Å²) in [5, 5.41) is 1.04. The molecule has 2 aromatic carbocycles. The molecule has 0 N–H and O–H groups in total. The molecule has 0 saturated carbocycles. The largest absolute Gasteiger partial charge is 0.316 e. The van der Waals surface area contributed by atoms with Crippen LogP contribution < -0.4 is 4.80 Å². The van der Waals surface area contributed by atoms with E-state index >= 15 is 0 Å². The summed E-state index contributed by atoms with van der Waals surface area (Å²) in [5.74, 6) is -0.231. The van der Waals surface area contributed by atoms with E-state index in [0.29, 0.717) is 27.0 Å². The third kappa shape index (κ3) is 4.18. The Kier molecular flexibility index (Phi) is 6.20. The molecule has 140 valence electrons. The molecule has 0 unspecified atom stereocenters. The zero-order valence-corrected chi connectivity index (χ0v) is 17.8. The molecule has 0 aliphatic rings. The van der Waals surface area contributed by atoms with Crippen molar-refractivity contribution in [2.45, 2.75) is 33.7 Å². The van der Waals surface area contributed by atoms with Crippen LogP contribution in [0.5, 0.6) is 0 Å².